The Balaban J connectivity index is 0.958. The van der Waals surface area contributed by atoms with Crippen molar-refractivity contribution >= 4 is 57.2 Å². The molecule has 2 aromatic heterocycles. The Hall–Kier alpha value is -6.44. The number of nitrogens with one attached hydrogen (secondary N) is 4. The van der Waals surface area contributed by atoms with Crippen LogP contribution < -0.4 is 10.6 Å². The van der Waals surface area contributed by atoms with Gasteiger partial charge in [-0.3, -0.25) is 9.59 Å². The van der Waals surface area contributed by atoms with Gasteiger partial charge in [-0.1, -0.05) is 110 Å². The summed E-state index contributed by atoms with van der Waals surface area (Å²) in [5, 5.41) is 5.72. The summed E-state index contributed by atoms with van der Waals surface area (Å²) in [5.41, 5.74) is 12.4. The molecule has 402 valence electrons. The number of hydrogen-bond acceptors (Lipinski definition) is 8. The number of methoxy groups -OCH3 is 2. The van der Waals surface area contributed by atoms with Crippen molar-refractivity contribution in [1.82, 2.24) is 40.4 Å². The number of likely N-dealkylation sites (tertiary alicyclic amines) is 2. The van der Waals surface area contributed by atoms with Gasteiger partial charge in [0.05, 0.1) is 48.4 Å². The summed E-state index contributed by atoms with van der Waals surface area (Å²) in [6.45, 7) is 12.7. The number of aromatic amines is 2. The fourth-order valence-corrected chi connectivity index (χ4v) is 14.7. The average molecular weight is 1030 g/mol. The molecule has 14 heteroatoms. The Morgan fingerprint density at radius 1 is 0.671 bits per heavy atom. The lowest BCUT2D eigenvalue weighted by Crippen LogP contribution is -2.53. The standard InChI is InChI=1S/C62H78N8O6/c1-34(2)54(67-60(73)75-7)58(71)69-50-15-11-9-13-42(50)30-52(69)56-63-46-25-23-40(28-48(46)65-56)44-33-62(6)32-36(5)38-20-17-37(18-21-38)19-22-39(44)27-45(62)41-24-26-47-49(29-41)66-57(64-47)53-31-43-14-10-12-16-51(43)70(53)59(72)55(35(3)4)68-61(74)76-8/h17-18,20-21,23-29,34-36,42-43,50-55H,9-16,19,22,30-33H2,1-8H3,(H,63,65)(H,64,66)(H,67,73)(H,68,74)/t36-,42?,43?,50?,51?,52+,53+,54+,55+,62-/m1/s1. The molecule has 4 amide bonds. The van der Waals surface area contributed by atoms with E-state index >= 15 is 0 Å². The molecular formula is C62H78N8O6. The predicted molar refractivity (Wildman–Crippen MR) is 296 cm³/mol. The van der Waals surface area contributed by atoms with Crippen LogP contribution in [0.3, 0.4) is 0 Å². The predicted octanol–water partition coefficient (Wildman–Crippen LogP) is 12.3. The van der Waals surface area contributed by atoms with Crippen LogP contribution in [0.5, 0.6) is 0 Å². The van der Waals surface area contributed by atoms with Crippen molar-refractivity contribution in [2.24, 2.45) is 29.1 Å². The quantitative estimate of drug-likeness (QED) is 0.107. The molecule has 0 radical (unpaired) electrons. The lowest BCUT2D eigenvalue weighted by Gasteiger charge is -2.40. The zero-order chi connectivity index (χ0) is 53.2. The zero-order valence-corrected chi connectivity index (χ0v) is 45.8. The van der Waals surface area contributed by atoms with Crippen LogP contribution in [0.1, 0.15) is 177 Å². The molecule has 0 spiro atoms. The molecule has 4 heterocycles. The van der Waals surface area contributed by atoms with Crippen LogP contribution in [0.4, 0.5) is 9.59 Å². The normalized spacial score (nSPS) is 27.2. The van der Waals surface area contributed by atoms with Gasteiger partial charge in [0.25, 0.3) is 0 Å². The van der Waals surface area contributed by atoms with Gasteiger partial charge in [0, 0.05) is 12.1 Å². The molecule has 3 aromatic carbocycles. The molecule has 14 rings (SSSR count). The SMILES string of the molecule is COC(=O)N[C@H](C(=O)N1C2CCCCC2C[C@H]1c1nc2ccc(C3=CC4=C(c5ccc6nc([C@@H]7CC8CCCCC8N7C(=O)[C@@H](NC(=O)OC)C(C)C)[nH]c6c5)C[C@@]3(C)C[C@@H](C)c3ccc(cc3)CC4)cc2[nH]1)C(C)C. The first-order valence-electron chi connectivity index (χ1n) is 28.5. The third-order valence-corrected chi connectivity index (χ3v) is 18.7. The van der Waals surface area contributed by atoms with Crippen LogP contribution in [0.2, 0.25) is 0 Å². The highest BCUT2D eigenvalue weighted by atomic mass is 16.5. The second-order valence-electron chi connectivity index (χ2n) is 24.3. The minimum absolute atomic E-state index is 0.0696. The number of amides is 4. The molecular weight excluding hydrogens is 953 g/mol. The van der Waals surface area contributed by atoms with Gasteiger partial charge in [-0.2, -0.15) is 0 Å². The number of aryl methyl sites for hydroxylation is 1. The van der Waals surface area contributed by atoms with Gasteiger partial charge in [-0.05, 0) is 162 Å². The van der Waals surface area contributed by atoms with E-state index in [4.69, 9.17) is 19.4 Å². The number of allylic oxidation sites excluding steroid dienone is 4. The van der Waals surface area contributed by atoms with E-state index in [1.165, 1.54) is 53.2 Å². The first-order valence-corrected chi connectivity index (χ1v) is 28.5. The highest BCUT2D eigenvalue weighted by molar-refractivity contribution is 5.91. The van der Waals surface area contributed by atoms with Crippen LogP contribution in [-0.2, 0) is 25.5 Å². The minimum atomic E-state index is -0.708. The van der Waals surface area contributed by atoms with Gasteiger partial charge in [-0.15, -0.1) is 0 Å². The summed E-state index contributed by atoms with van der Waals surface area (Å²) in [5.74, 6) is 2.27. The van der Waals surface area contributed by atoms with Crippen molar-refractivity contribution in [3.8, 4) is 0 Å². The van der Waals surface area contributed by atoms with Crippen molar-refractivity contribution in [2.75, 3.05) is 14.2 Å². The maximum Gasteiger partial charge on any atom is 0.407 e. The molecule has 2 aliphatic heterocycles. The van der Waals surface area contributed by atoms with E-state index < -0.39 is 24.3 Å². The number of carbonyl (C=O) groups excluding carboxylic acids is 4. The summed E-state index contributed by atoms with van der Waals surface area (Å²) in [6, 6.07) is 21.0. The molecule has 4 bridgehead atoms. The lowest BCUT2D eigenvalue weighted by molar-refractivity contribution is -0.139. The monoisotopic (exact) mass is 1030 g/mol. The fraction of sp³-hybridized carbons (Fsp3) is 0.548. The van der Waals surface area contributed by atoms with E-state index in [1.54, 1.807) is 0 Å². The molecule has 10 atom stereocenters. The topological polar surface area (TPSA) is 175 Å². The summed E-state index contributed by atoms with van der Waals surface area (Å²) in [7, 11) is 2.67. The Kier molecular flexibility index (Phi) is 14.2. The van der Waals surface area contributed by atoms with Crippen molar-refractivity contribution in [2.45, 2.75) is 174 Å². The summed E-state index contributed by atoms with van der Waals surface area (Å²) >= 11 is 0. The molecule has 9 aliphatic rings. The number of benzene rings is 3. The van der Waals surface area contributed by atoms with Crippen LogP contribution in [0.25, 0.3) is 33.2 Å². The van der Waals surface area contributed by atoms with E-state index in [-0.39, 0.29) is 53.2 Å². The van der Waals surface area contributed by atoms with Crippen LogP contribution >= 0.6 is 0 Å². The first-order chi connectivity index (χ1) is 36.6. The zero-order valence-electron chi connectivity index (χ0n) is 45.8. The highest BCUT2D eigenvalue weighted by Crippen LogP contribution is 2.54. The maximum absolute atomic E-state index is 14.7. The van der Waals surface area contributed by atoms with Gasteiger partial charge in [-0.25, -0.2) is 19.6 Å². The van der Waals surface area contributed by atoms with Gasteiger partial charge in [0.1, 0.15) is 23.7 Å². The molecule has 4 N–H and O–H groups in total. The molecule has 5 aromatic rings. The van der Waals surface area contributed by atoms with Gasteiger partial charge in [0.2, 0.25) is 11.8 Å². The molecule has 4 fully saturated rings. The molecule has 4 unspecified atom stereocenters. The number of nitrogens with zero attached hydrogens (tertiary/aromatic N) is 4. The Labute approximate surface area is 447 Å². The first kappa shape index (κ1) is 51.7. The van der Waals surface area contributed by atoms with E-state index in [0.717, 1.165) is 124 Å². The number of carbonyl (C=O) groups is 4. The van der Waals surface area contributed by atoms with Crippen molar-refractivity contribution in [3.63, 3.8) is 0 Å². The van der Waals surface area contributed by atoms with E-state index in [0.29, 0.717) is 17.8 Å². The van der Waals surface area contributed by atoms with Crippen molar-refractivity contribution < 1.29 is 28.7 Å². The van der Waals surface area contributed by atoms with Crippen molar-refractivity contribution in [3.05, 3.63) is 106 Å². The minimum Gasteiger partial charge on any atom is -0.453 e. The Morgan fingerprint density at radius 3 is 1.68 bits per heavy atom. The third kappa shape index (κ3) is 9.60. The van der Waals surface area contributed by atoms with Crippen LogP contribution in [-0.4, -0.2) is 92.1 Å². The molecule has 76 heavy (non-hydrogen) atoms. The number of aromatic nitrogens is 4. The van der Waals surface area contributed by atoms with Crippen LogP contribution in [0.15, 0.2) is 72.3 Å². The van der Waals surface area contributed by atoms with Crippen LogP contribution in [0, 0.1) is 29.1 Å². The number of hydrogen-bond donors (Lipinski definition) is 4. The second-order valence-corrected chi connectivity index (χ2v) is 24.3. The Bertz CT molecular complexity index is 3100. The van der Waals surface area contributed by atoms with Gasteiger partial charge in [0.15, 0.2) is 0 Å². The highest BCUT2D eigenvalue weighted by Gasteiger charge is 2.50. The summed E-state index contributed by atoms with van der Waals surface area (Å²) < 4.78 is 9.94. The van der Waals surface area contributed by atoms with E-state index in [1.807, 2.05) is 27.7 Å². The number of alkyl carbamates (subject to hydrolysis) is 2. The molecule has 7 aliphatic carbocycles. The lowest BCUT2D eigenvalue weighted by atomic mass is 9.63. The number of H-pyrrole nitrogens is 2. The average Bonchev–Trinajstić information content (AvgIpc) is 4.22. The Morgan fingerprint density at radius 2 is 1.17 bits per heavy atom. The molecule has 14 nitrogen and oxygen atoms in total. The number of ether oxygens (including phenoxy) is 2. The summed E-state index contributed by atoms with van der Waals surface area (Å²) in [6.07, 6.45) is 15.1. The second kappa shape index (κ2) is 20.8. The number of rotatable bonds is 10. The fourth-order valence-electron chi connectivity index (χ4n) is 14.7. The smallest absolute Gasteiger partial charge is 0.407 e. The largest absolute Gasteiger partial charge is 0.453 e. The van der Waals surface area contributed by atoms with E-state index in [9.17, 15) is 19.2 Å². The molecule has 2 saturated heterocycles. The van der Waals surface area contributed by atoms with Gasteiger partial charge >= 0.3 is 12.2 Å². The molecule has 2 saturated carbocycles. The number of fused-ring (bicyclic) bond motifs is 4. The van der Waals surface area contributed by atoms with Crippen molar-refractivity contribution in [1.29, 1.82) is 0 Å². The summed E-state index contributed by atoms with van der Waals surface area (Å²) in [4.78, 5) is 76.5. The number of imidazole rings is 2. The third-order valence-electron chi connectivity index (χ3n) is 18.7. The van der Waals surface area contributed by atoms with Gasteiger partial charge < -0.3 is 39.9 Å². The van der Waals surface area contributed by atoms with E-state index in [2.05, 4.69) is 111 Å². The maximum atomic E-state index is 14.7.